The van der Waals surface area contributed by atoms with Crippen LogP contribution in [0.1, 0.15) is 25.3 Å². The van der Waals surface area contributed by atoms with E-state index in [1.54, 1.807) is 0 Å². The maximum atomic E-state index is 4.55. The van der Waals surface area contributed by atoms with E-state index in [9.17, 15) is 0 Å². The predicted molar refractivity (Wildman–Crippen MR) is 49.5 cm³/mol. The fourth-order valence-corrected chi connectivity index (χ4v) is 1.50. The van der Waals surface area contributed by atoms with Crippen molar-refractivity contribution in [3.8, 4) is 0 Å². The molecule has 62 valence electrons. The third-order valence-electron chi connectivity index (χ3n) is 2.19. The highest BCUT2D eigenvalue weighted by molar-refractivity contribution is 6.01. The van der Waals surface area contributed by atoms with Crippen LogP contribution < -0.4 is 0 Å². The van der Waals surface area contributed by atoms with Gasteiger partial charge in [0.05, 0.1) is 0 Å². The van der Waals surface area contributed by atoms with Crippen LogP contribution in [0.25, 0.3) is 0 Å². The minimum absolute atomic E-state index is 0.508. The van der Waals surface area contributed by atoms with Gasteiger partial charge in [0.2, 0.25) is 0 Å². The molecule has 0 unspecified atom stereocenters. The highest BCUT2D eigenvalue weighted by Crippen LogP contribution is 2.17. The Balaban J connectivity index is 2.27. The lowest BCUT2D eigenvalue weighted by atomic mass is 10.1. The molecule has 2 heteroatoms. The van der Waals surface area contributed by atoms with Gasteiger partial charge in [0.1, 0.15) is 0 Å². The van der Waals surface area contributed by atoms with Crippen molar-refractivity contribution in [2.24, 2.45) is 4.99 Å². The van der Waals surface area contributed by atoms with Crippen molar-refractivity contribution in [2.75, 3.05) is 0 Å². The van der Waals surface area contributed by atoms with Crippen molar-refractivity contribution >= 4 is 5.71 Å². The van der Waals surface area contributed by atoms with E-state index in [4.69, 9.17) is 0 Å². The van der Waals surface area contributed by atoms with Crippen molar-refractivity contribution in [1.82, 2.24) is 4.98 Å². The molecule has 0 fully saturated rings. The third kappa shape index (κ3) is 1.37. The highest BCUT2D eigenvalue weighted by Gasteiger charge is 2.13. The average molecular weight is 160 g/mol. The van der Waals surface area contributed by atoms with Crippen LogP contribution >= 0.6 is 0 Å². The first-order valence-electron chi connectivity index (χ1n) is 4.33. The zero-order chi connectivity index (χ0) is 8.39. The van der Waals surface area contributed by atoms with E-state index in [1.807, 2.05) is 24.5 Å². The molecule has 0 amide bonds. The van der Waals surface area contributed by atoms with Gasteiger partial charge in [-0.05, 0) is 37.5 Å². The van der Waals surface area contributed by atoms with E-state index < -0.39 is 0 Å². The van der Waals surface area contributed by atoms with Gasteiger partial charge in [-0.25, -0.2) is 0 Å². The summed E-state index contributed by atoms with van der Waals surface area (Å²) in [6.45, 7) is 2.16. The largest absolute Gasteiger partial charge is 0.286 e. The molecular formula is C10H12N2. The summed E-state index contributed by atoms with van der Waals surface area (Å²) < 4.78 is 0. The van der Waals surface area contributed by atoms with Crippen LogP contribution in [0.4, 0.5) is 0 Å². The Hall–Kier alpha value is -1.18. The minimum atomic E-state index is 0.508. The summed E-state index contributed by atoms with van der Waals surface area (Å²) in [4.78, 5) is 8.53. The van der Waals surface area contributed by atoms with Gasteiger partial charge in [-0.1, -0.05) is 0 Å². The molecule has 1 atom stereocenters. The lowest BCUT2D eigenvalue weighted by Crippen LogP contribution is -1.95. The maximum Gasteiger partial charge on any atom is 0.0478 e. The Bertz CT molecular complexity index is 290. The summed E-state index contributed by atoms with van der Waals surface area (Å²) in [5.41, 5.74) is 2.47. The SMILES string of the molecule is C[C@H]1CCC(c2ccncc2)=N1. The lowest BCUT2D eigenvalue weighted by molar-refractivity contribution is 0.739. The van der Waals surface area contributed by atoms with E-state index in [-0.39, 0.29) is 0 Å². The molecular weight excluding hydrogens is 148 g/mol. The van der Waals surface area contributed by atoms with Gasteiger partial charge in [0.15, 0.2) is 0 Å². The first-order chi connectivity index (χ1) is 5.86. The van der Waals surface area contributed by atoms with Crippen molar-refractivity contribution < 1.29 is 0 Å². The van der Waals surface area contributed by atoms with Gasteiger partial charge < -0.3 is 0 Å². The second-order valence-corrected chi connectivity index (χ2v) is 3.20. The molecule has 1 aromatic rings. The van der Waals surface area contributed by atoms with Crippen LogP contribution in [0.15, 0.2) is 29.5 Å². The molecule has 12 heavy (non-hydrogen) atoms. The first kappa shape index (κ1) is 7.47. The van der Waals surface area contributed by atoms with E-state index in [0.29, 0.717) is 6.04 Å². The number of hydrogen-bond acceptors (Lipinski definition) is 2. The summed E-state index contributed by atoms with van der Waals surface area (Å²) >= 11 is 0. The Morgan fingerprint density at radius 3 is 2.67 bits per heavy atom. The van der Waals surface area contributed by atoms with Crippen molar-refractivity contribution in [3.63, 3.8) is 0 Å². The molecule has 0 aliphatic carbocycles. The van der Waals surface area contributed by atoms with Crippen molar-refractivity contribution in [2.45, 2.75) is 25.8 Å². The summed E-state index contributed by atoms with van der Waals surface area (Å²) in [5, 5.41) is 0. The molecule has 1 aliphatic heterocycles. The van der Waals surface area contributed by atoms with Crippen LogP contribution in [0.2, 0.25) is 0 Å². The molecule has 1 aliphatic rings. The second kappa shape index (κ2) is 3.05. The van der Waals surface area contributed by atoms with E-state index in [1.165, 1.54) is 17.7 Å². The van der Waals surface area contributed by atoms with Crippen molar-refractivity contribution in [3.05, 3.63) is 30.1 Å². The summed E-state index contributed by atoms with van der Waals surface area (Å²) in [6.07, 6.45) is 5.95. The molecule has 0 spiro atoms. The van der Waals surface area contributed by atoms with Gasteiger partial charge in [-0.2, -0.15) is 0 Å². The first-order valence-corrected chi connectivity index (χ1v) is 4.33. The molecule has 0 aromatic carbocycles. The predicted octanol–water partition coefficient (Wildman–Crippen LogP) is 2.05. The smallest absolute Gasteiger partial charge is 0.0478 e. The van der Waals surface area contributed by atoms with Crippen molar-refractivity contribution in [1.29, 1.82) is 0 Å². The fourth-order valence-electron chi connectivity index (χ4n) is 1.50. The maximum absolute atomic E-state index is 4.55. The van der Waals surface area contributed by atoms with E-state index >= 15 is 0 Å². The topological polar surface area (TPSA) is 25.2 Å². The molecule has 0 bridgehead atoms. The van der Waals surface area contributed by atoms with Gasteiger partial charge >= 0.3 is 0 Å². The number of aromatic nitrogens is 1. The third-order valence-corrected chi connectivity index (χ3v) is 2.19. The monoisotopic (exact) mass is 160 g/mol. The van der Waals surface area contributed by atoms with Crippen LogP contribution in [0.5, 0.6) is 0 Å². The van der Waals surface area contributed by atoms with Crippen LogP contribution in [0.3, 0.4) is 0 Å². The van der Waals surface area contributed by atoms with Gasteiger partial charge in [-0.3, -0.25) is 9.98 Å². The van der Waals surface area contributed by atoms with Crippen LogP contribution in [-0.2, 0) is 0 Å². The number of pyridine rings is 1. The normalized spacial score (nSPS) is 22.4. The summed E-state index contributed by atoms with van der Waals surface area (Å²) in [7, 11) is 0. The summed E-state index contributed by atoms with van der Waals surface area (Å²) in [5.74, 6) is 0. The molecule has 2 heterocycles. The molecule has 0 saturated carbocycles. The Morgan fingerprint density at radius 2 is 2.08 bits per heavy atom. The molecule has 1 aromatic heterocycles. The van der Waals surface area contributed by atoms with E-state index in [0.717, 1.165) is 6.42 Å². The average Bonchev–Trinajstić information content (AvgIpc) is 2.54. The molecule has 0 radical (unpaired) electrons. The van der Waals surface area contributed by atoms with Gasteiger partial charge in [-0.15, -0.1) is 0 Å². The molecule has 0 N–H and O–H groups in total. The number of rotatable bonds is 1. The van der Waals surface area contributed by atoms with Gasteiger partial charge in [0.25, 0.3) is 0 Å². The van der Waals surface area contributed by atoms with Crippen LogP contribution in [0, 0.1) is 0 Å². The minimum Gasteiger partial charge on any atom is -0.286 e. The van der Waals surface area contributed by atoms with E-state index in [2.05, 4.69) is 16.9 Å². The summed E-state index contributed by atoms with van der Waals surface area (Å²) in [6, 6.07) is 4.56. The zero-order valence-corrected chi connectivity index (χ0v) is 7.20. The molecule has 2 rings (SSSR count). The highest BCUT2D eigenvalue weighted by atomic mass is 14.8. The Kier molecular flexibility index (Phi) is 1.90. The number of hydrogen-bond donors (Lipinski definition) is 0. The number of nitrogens with zero attached hydrogens (tertiary/aromatic N) is 2. The Morgan fingerprint density at radius 1 is 1.33 bits per heavy atom. The Labute approximate surface area is 72.4 Å². The van der Waals surface area contributed by atoms with Gasteiger partial charge in [0, 0.05) is 24.1 Å². The molecule has 2 nitrogen and oxygen atoms in total. The fraction of sp³-hybridized carbons (Fsp3) is 0.400. The standard InChI is InChI=1S/C10H12N2/c1-8-2-3-10(12-8)9-4-6-11-7-5-9/h4-8H,2-3H2,1H3/t8-/m0/s1. The number of aliphatic imine (C=N–C) groups is 1. The second-order valence-electron chi connectivity index (χ2n) is 3.20. The van der Waals surface area contributed by atoms with Crippen LogP contribution in [-0.4, -0.2) is 16.7 Å². The quantitative estimate of drug-likeness (QED) is 0.617. The lowest BCUT2D eigenvalue weighted by Gasteiger charge is -1.97. The zero-order valence-electron chi connectivity index (χ0n) is 7.20. The molecule has 0 saturated heterocycles.